The van der Waals surface area contributed by atoms with Gasteiger partial charge in [-0.3, -0.25) is 0 Å². The Kier molecular flexibility index (Phi) is 5.24. The molecule has 0 saturated carbocycles. The highest BCUT2D eigenvalue weighted by Crippen LogP contribution is 2.34. The Bertz CT molecular complexity index is 483. The topological polar surface area (TPSA) is 119 Å². The highest BCUT2D eigenvalue weighted by molar-refractivity contribution is 7.99. The van der Waals surface area contributed by atoms with E-state index < -0.39 is 36.4 Å². The first kappa shape index (κ1) is 15.1. The molecule has 1 aromatic rings. The number of aliphatic hydroxyl groups is 3. The van der Waals surface area contributed by atoms with Crippen LogP contribution in [0.3, 0.4) is 0 Å². The fourth-order valence-electron chi connectivity index (χ4n) is 1.98. The number of aliphatic hydroxyl groups excluding tert-OH is 3. The highest BCUT2D eigenvalue weighted by atomic mass is 32.2. The van der Waals surface area contributed by atoms with E-state index in [0.29, 0.717) is 0 Å². The quantitative estimate of drug-likeness (QED) is 0.433. The van der Waals surface area contributed by atoms with Crippen molar-refractivity contribution in [1.29, 1.82) is 0 Å². The van der Waals surface area contributed by atoms with Crippen molar-refractivity contribution in [2.24, 2.45) is 5.11 Å². The van der Waals surface area contributed by atoms with Crippen molar-refractivity contribution in [1.82, 2.24) is 0 Å². The van der Waals surface area contributed by atoms with Gasteiger partial charge in [-0.1, -0.05) is 35.1 Å². The molecule has 1 saturated heterocycles. The van der Waals surface area contributed by atoms with Crippen molar-refractivity contribution >= 4 is 11.8 Å². The molecule has 0 amide bonds. The molecule has 0 aliphatic carbocycles. The average Bonchev–Trinajstić information content (AvgIpc) is 2.47. The Morgan fingerprint density at radius 1 is 1.25 bits per heavy atom. The van der Waals surface area contributed by atoms with Crippen LogP contribution < -0.4 is 0 Å². The molecular weight excluding hydrogens is 282 g/mol. The van der Waals surface area contributed by atoms with E-state index in [1.165, 1.54) is 11.8 Å². The fraction of sp³-hybridized carbons (Fsp3) is 0.500. The Balaban J connectivity index is 2.20. The lowest BCUT2D eigenvalue weighted by atomic mass is 9.99. The number of hydrogen-bond donors (Lipinski definition) is 3. The van der Waals surface area contributed by atoms with Crippen LogP contribution >= 0.6 is 11.8 Å². The van der Waals surface area contributed by atoms with Crippen LogP contribution in [0.25, 0.3) is 10.4 Å². The summed E-state index contributed by atoms with van der Waals surface area (Å²) >= 11 is 1.27. The first-order chi connectivity index (χ1) is 9.67. The average molecular weight is 297 g/mol. The van der Waals surface area contributed by atoms with E-state index in [4.69, 9.17) is 10.3 Å². The molecule has 5 atom stereocenters. The number of thioether (sulfide) groups is 1. The van der Waals surface area contributed by atoms with Crippen LogP contribution in [0.4, 0.5) is 0 Å². The first-order valence-corrected chi connectivity index (χ1v) is 6.93. The van der Waals surface area contributed by atoms with E-state index in [1.54, 1.807) is 0 Å². The predicted molar refractivity (Wildman–Crippen MR) is 73.0 cm³/mol. The van der Waals surface area contributed by atoms with Crippen molar-refractivity contribution in [3.8, 4) is 0 Å². The molecule has 2 unspecified atom stereocenters. The lowest BCUT2D eigenvalue weighted by molar-refractivity contribution is -0.165. The van der Waals surface area contributed by atoms with Gasteiger partial charge in [0.15, 0.2) is 0 Å². The largest absolute Gasteiger partial charge is 0.394 e. The van der Waals surface area contributed by atoms with Gasteiger partial charge < -0.3 is 20.1 Å². The van der Waals surface area contributed by atoms with E-state index in [1.807, 2.05) is 30.3 Å². The molecule has 8 heteroatoms. The van der Waals surface area contributed by atoms with E-state index in [-0.39, 0.29) is 0 Å². The number of azide groups is 1. The van der Waals surface area contributed by atoms with Gasteiger partial charge >= 0.3 is 0 Å². The minimum Gasteiger partial charge on any atom is -0.394 e. The molecule has 1 aliphatic heterocycles. The summed E-state index contributed by atoms with van der Waals surface area (Å²) in [6.07, 6.45) is -3.47. The molecular formula is C12H15N3O4S. The lowest BCUT2D eigenvalue weighted by Crippen LogP contribution is -2.56. The van der Waals surface area contributed by atoms with Crippen LogP contribution in [-0.4, -0.2) is 51.7 Å². The third kappa shape index (κ3) is 3.24. The minimum absolute atomic E-state index is 0.424. The van der Waals surface area contributed by atoms with Gasteiger partial charge in [0, 0.05) is 9.81 Å². The smallest absolute Gasteiger partial charge is 0.119 e. The lowest BCUT2D eigenvalue weighted by Gasteiger charge is -2.40. The van der Waals surface area contributed by atoms with E-state index in [2.05, 4.69) is 10.0 Å². The Labute approximate surface area is 119 Å². The summed E-state index contributed by atoms with van der Waals surface area (Å²) in [6.45, 7) is -0.424. The van der Waals surface area contributed by atoms with Gasteiger partial charge in [0.05, 0.1) is 12.7 Å². The molecule has 20 heavy (non-hydrogen) atoms. The molecule has 3 N–H and O–H groups in total. The maximum atomic E-state index is 10.00. The normalized spacial score (nSPS) is 33.5. The second-order valence-electron chi connectivity index (χ2n) is 4.33. The number of nitrogens with zero attached hydrogens (tertiary/aromatic N) is 3. The molecule has 0 spiro atoms. The zero-order valence-electron chi connectivity index (χ0n) is 10.5. The van der Waals surface area contributed by atoms with Crippen molar-refractivity contribution < 1.29 is 20.1 Å². The van der Waals surface area contributed by atoms with Crippen LogP contribution in [0, 0.1) is 0 Å². The zero-order valence-corrected chi connectivity index (χ0v) is 11.3. The third-order valence-electron chi connectivity index (χ3n) is 3.03. The summed E-state index contributed by atoms with van der Waals surface area (Å²) < 4.78 is 5.53. The second kappa shape index (κ2) is 6.94. The Hall–Kier alpha value is -1.28. The molecule has 1 fully saturated rings. The van der Waals surface area contributed by atoms with E-state index in [0.717, 1.165) is 4.90 Å². The SMILES string of the molecule is [N-]=[N+]=N[C@H]1C(O)[C@@H](O)C(CO)O[C@H]1Sc1ccccc1. The molecule has 1 aromatic carbocycles. The van der Waals surface area contributed by atoms with Gasteiger partial charge in [0.1, 0.15) is 23.7 Å². The van der Waals surface area contributed by atoms with Gasteiger partial charge in [-0.15, -0.1) is 0 Å². The monoisotopic (exact) mass is 297 g/mol. The standard InChI is InChI=1S/C12H15N3O4S/c13-15-14-9-11(18)10(17)8(6-16)19-12(9)20-7-4-2-1-3-5-7/h1-5,8-12,16-18H,6H2/t8?,9-,10-,11?,12-/m0/s1. The summed E-state index contributed by atoms with van der Waals surface area (Å²) in [5, 5.41) is 32.5. The van der Waals surface area contributed by atoms with Crippen molar-refractivity contribution in [3.05, 3.63) is 40.8 Å². The maximum absolute atomic E-state index is 10.00. The van der Waals surface area contributed by atoms with Crippen molar-refractivity contribution in [2.75, 3.05) is 6.61 Å². The molecule has 0 radical (unpaired) electrons. The third-order valence-corrected chi connectivity index (χ3v) is 4.20. The van der Waals surface area contributed by atoms with Crippen LogP contribution in [0.5, 0.6) is 0 Å². The number of ether oxygens (including phenoxy) is 1. The molecule has 0 aromatic heterocycles. The Morgan fingerprint density at radius 3 is 2.55 bits per heavy atom. The molecule has 0 bridgehead atoms. The number of rotatable bonds is 4. The van der Waals surface area contributed by atoms with Gasteiger partial charge in [-0.25, -0.2) is 0 Å². The minimum atomic E-state index is -1.29. The fourth-order valence-corrected chi connectivity index (χ4v) is 3.12. The Morgan fingerprint density at radius 2 is 1.95 bits per heavy atom. The first-order valence-electron chi connectivity index (χ1n) is 6.05. The molecule has 1 heterocycles. The number of benzene rings is 1. The van der Waals surface area contributed by atoms with E-state index >= 15 is 0 Å². The van der Waals surface area contributed by atoms with Gasteiger partial charge in [0.25, 0.3) is 0 Å². The van der Waals surface area contributed by atoms with E-state index in [9.17, 15) is 15.3 Å². The summed E-state index contributed by atoms with van der Waals surface area (Å²) in [5.74, 6) is 0. The van der Waals surface area contributed by atoms with Crippen LogP contribution in [0.2, 0.25) is 0 Å². The zero-order chi connectivity index (χ0) is 14.5. The van der Waals surface area contributed by atoms with Gasteiger partial charge in [-0.05, 0) is 17.7 Å². The number of hydrogen-bond acceptors (Lipinski definition) is 6. The molecule has 7 nitrogen and oxygen atoms in total. The second-order valence-corrected chi connectivity index (χ2v) is 5.50. The predicted octanol–water partition coefficient (Wildman–Crippen LogP) is 0.897. The van der Waals surface area contributed by atoms with Gasteiger partial charge in [0.2, 0.25) is 0 Å². The molecule has 1 aliphatic rings. The summed E-state index contributed by atoms with van der Waals surface area (Å²) in [7, 11) is 0. The van der Waals surface area contributed by atoms with Crippen LogP contribution in [0.1, 0.15) is 0 Å². The van der Waals surface area contributed by atoms with Crippen LogP contribution in [0.15, 0.2) is 40.3 Å². The summed E-state index contributed by atoms with van der Waals surface area (Å²) in [6, 6.07) is 8.35. The maximum Gasteiger partial charge on any atom is 0.119 e. The highest BCUT2D eigenvalue weighted by Gasteiger charge is 2.44. The summed E-state index contributed by atoms with van der Waals surface area (Å²) in [5.41, 5.74) is 7.90. The molecule has 2 rings (SSSR count). The van der Waals surface area contributed by atoms with Crippen molar-refractivity contribution in [3.63, 3.8) is 0 Å². The van der Waals surface area contributed by atoms with Crippen molar-refractivity contribution in [2.45, 2.75) is 34.7 Å². The van der Waals surface area contributed by atoms with Gasteiger partial charge in [-0.2, -0.15) is 0 Å². The van der Waals surface area contributed by atoms with Crippen LogP contribution in [-0.2, 0) is 4.74 Å². The molecule has 108 valence electrons. The summed E-state index contributed by atoms with van der Waals surface area (Å²) in [4.78, 5) is 3.56.